The average molecular weight is 483 g/mol. The minimum absolute atomic E-state index is 0.106. The maximum Gasteiger partial charge on any atom is 0.264 e. The van der Waals surface area contributed by atoms with Gasteiger partial charge in [-0.2, -0.15) is 0 Å². The summed E-state index contributed by atoms with van der Waals surface area (Å²) in [7, 11) is -0.912. The van der Waals surface area contributed by atoms with E-state index < -0.39 is 15.9 Å². The Morgan fingerprint density at radius 2 is 1.68 bits per heavy atom. The molecule has 3 rings (SSSR count). The Morgan fingerprint density at radius 3 is 2.38 bits per heavy atom. The average Bonchev–Trinajstić information content (AvgIpc) is 2.85. The number of carbonyl (C=O) groups excluding carboxylic acids is 1. The maximum atomic E-state index is 13.5. The Morgan fingerprint density at radius 1 is 0.941 bits per heavy atom. The van der Waals surface area contributed by atoms with E-state index in [1.807, 2.05) is 31.2 Å². The van der Waals surface area contributed by atoms with Gasteiger partial charge in [-0.25, -0.2) is 8.42 Å². The predicted octanol–water partition coefficient (Wildman–Crippen LogP) is 3.96. The second-order valence-corrected chi connectivity index (χ2v) is 9.66. The standard InChI is InChI=1S/C26H30N2O5S/c1-20-13-15-23(16-14-20)34(30,31)28(24-11-4-5-12-25(24)33-3)19-26(29)27-17-7-9-21-8-6-10-22(18-21)32-2/h4-6,8,10-16,18H,7,9,17,19H2,1-3H3,(H,27,29). The number of aryl methyl sites for hydroxylation is 2. The van der Waals surface area contributed by atoms with Gasteiger partial charge in [0.2, 0.25) is 5.91 Å². The number of para-hydroxylation sites is 2. The summed E-state index contributed by atoms with van der Waals surface area (Å²) in [6.07, 6.45) is 1.47. The molecule has 1 N–H and O–H groups in total. The van der Waals surface area contributed by atoms with Crippen LogP contribution in [0.3, 0.4) is 0 Å². The van der Waals surface area contributed by atoms with Gasteiger partial charge in [0.25, 0.3) is 10.0 Å². The van der Waals surface area contributed by atoms with Crippen LogP contribution in [0.2, 0.25) is 0 Å². The second kappa shape index (κ2) is 11.6. The van der Waals surface area contributed by atoms with Crippen molar-refractivity contribution in [2.24, 2.45) is 0 Å². The normalized spacial score (nSPS) is 11.0. The van der Waals surface area contributed by atoms with Gasteiger partial charge in [-0.15, -0.1) is 0 Å². The monoisotopic (exact) mass is 482 g/mol. The fourth-order valence-electron chi connectivity index (χ4n) is 3.51. The van der Waals surface area contributed by atoms with Gasteiger partial charge < -0.3 is 14.8 Å². The zero-order chi connectivity index (χ0) is 24.6. The molecule has 3 aromatic rings. The Labute approximate surface area is 201 Å². The van der Waals surface area contributed by atoms with E-state index >= 15 is 0 Å². The van der Waals surface area contributed by atoms with Gasteiger partial charge in [-0.05, 0) is 61.7 Å². The minimum atomic E-state index is -4.00. The molecule has 8 heteroatoms. The van der Waals surface area contributed by atoms with E-state index in [0.29, 0.717) is 24.4 Å². The van der Waals surface area contributed by atoms with E-state index in [2.05, 4.69) is 5.32 Å². The number of ether oxygens (including phenoxy) is 2. The lowest BCUT2D eigenvalue weighted by molar-refractivity contribution is -0.119. The van der Waals surface area contributed by atoms with E-state index in [-0.39, 0.29) is 11.4 Å². The molecule has 0 radical (unpaired) electrons. The van der Waals surface area contributed by atoms with Crippen molar-refractivity contribution in [3.05, 3.63) is 83.9 Å². The molecule has 3 aromatic carbocycles. The van der Waals surface area contributed by atoms with Crippen LogP contribution in [0, 0.1) is 6.92 Å². The van der Waals surface area contributed by atoms with Crippen LogP contribution in [0.1, 0.15) is 17.5 Å². The smallest absolute Gasteiger partial charge is 0.264 e. The molecule has 0 unspecified atom stereocenters. The number of hydrogen-bond acceptors (Lipinski definition) is 5. The molecule has 0 heterocycles. The summed E-state index contributed by atoms with van der Waals surface area (Å²) < 4.78 is 38.7. The molecule has 0 aliphatic carbocycles. The van der Waals surface area contributed by atoms with Crippen LogP contribution in [-0.2, 0) is 21.2 Å². The maximum absolute atomic E-state index is 13.5. The van der Waals surface area contributed by atoms with Gasteiger partial charge in [-0.1, -0.05) is 42.0 Å². The van der Waals surface area contributed by atoms with E-state index in [1.165, 1.54) is 7.11 Å². The van der Waals surface area contributed by atoms with Crippen LogP contribution in [0.15, 0.2) is 77.7 Å². The molecule has 7 nitrogen and oxygen atoms in total. The summed E-state index contributed by atoms with van der Waals surface area (Å²) in [5, 5.41) is 2.83. The highest BCUT2D eigenvalue weighted by atomic mass is 32.2. The van der Waals surface area contributed by atoms with Gasteiger partial charge in [0, 0.05) is 6.54 Å². The first-order chi connectivity index (χ1) is 16.3. The van der Waals surface area contributed by atoms with Crippen molar-refractivity contribution in [3.8, 4) is 11.5 Å². The first kappa shape index (κ1) is 25.1. The third-order valence-electron chi connectivity index (χ3n) is 5.35. The first-order valence-corrected chi connectivity index (χ1v) is 12.4. The SMILES string of the molecule is COc1cccc(CCCNC(=O)CN(c2ccccc2OC)S(=O)(=O)c2ccc(C)cc2)c1. The van der Waals surface area contributed by atoms with Gasteiger partial charge in [0.1, 0.15) is 18.0 Å². The van der Waals surface area contributed by atoms with Crippen LogP contribution < -0.4 is 19.1 Å². The van der Waals surface area contributed by atoms with Crippen molar-refractivity contribution < 1.29 is 22.7 Å². The highest BCUT2D eigenvalue weighted by Gasteiger charge is 2.29. The fourth-order valence-corrected chi connectivity index (χ4v) is 4.94. The lowest BCUT2D eigenvalue weighted by Gasteiger charge is -2.25. The van der Waals surface area contributed by atoms with Crippen LogP contribution in [0.25, 0.3) is 0 Å². The topological polar surface area (TPSA) is 84.9 Å². The summed E-state index contributed by atoms with van der Waals surface area (Å²) in [6, 6.07) is 21.1. The second-order valence-electron chi connectivity index (χ2n) is 7.80. The number of methoxy groups -OCH3 is 2. The molecule has 0 atom stereocenters. The largest absolute Gasteiger partial charge is 0.497 e. The molecule has 34 heavy (non-hydrogen) atoms. The Hall–Kier alpha value is -3.52. The Balaban J connectivity index is 1.73. The molecular formula is C26H30N2O5S. The van der Waals surface area contributed by atoms with Crippen molar-refractivity contribution in [1.82, 2.24) is 5.32 Å². The molecule has 0 aromatic heterocycles. The molecule has 0 aliphatic rings. The van der Waals surface area contributed by atoms with Crippen LogP contribution in [0.5, 0.6) is 11.5 Å². The zero-order valence-corrected chi connectivity index (χ0v) is 20.5. The highest BCUT2D eigenvalue weighted by Crippen LogP contribution is 2.32. The molecule has 0 spiro atoms. The predicted molar refractivity (Wildman–Crippen MR) is 133 cm³/mol. The van der Waals surface area contributed by atoms with E-state index in [1.54, 1.807) is 55.6 Å². The quantitative estimate of drug-likeness (QED) is 0.418. The third-order valence-corrected chi connectivity index (χ3v) is 7.12. The van der Waals surface area contributed by atoms with Crippen molar-refractivity contribution in [2.45, 2.75) is 24.7 Å². The molecule has 180 valence electrons. The van der Waals surface area contributed by atoms with Crippen molar-refractivity contribution in [2.75, 3.05) is 31.6 Å². The number of sulfonamides is 1. The molecule has 0 fully saturated rings. The number of rotatable bonds is 11. The number of amides is 1. The first-order valence-electron chi connectivity index (χ1n) is 11.0. The summed E-state index contributed by atoms with van der Waals surface area (Å²) in [6.45, 7) is 1.93. The van der Waals surface area contributed by atoms with Crippen molar-refractivity contribution in [3.63, 3.8) is 0 Å². The van der Waals surface area contributed by atoms with Crippen LogP contribution in [0.4, 0.5) is 5.69 Å². The molecule has 0 saturated carbocycles. The van der Waals surface area contributed by atoms with E-state index in [0.717, 1.165) is 27.6 Å². The number of benzene rings is 3. The fraction of sp³-hybridized carbons (Fsp3) is 0.269. The molecule has 0 bridgehead atoms. The minimum Gasteiger partial charge on any atom is -0.497 e. The molecule has 1 amide bonds. The van der Waals surface area contributed by atoms with Crippen LogP contribution >= 0.6 is 0 Å². The van der Waals surface area contributed by atoms with Gasteiger partial charge in [0.05, 0.1) is 24.8 Å². The number of nitrogens with zero attached hydrogens (tertiary/aromatic N) is 1. The summed E-state index contributed by atoms with van der Waals surface area (Å²) >= 11 is 0. The Kier molecular flexibility index (Phi) is 8.54. The molecule has 0 aliphatic heterocycles. The van der Waals surface area contributed by atoms with Crippen molar-refractivity contribution in [1.29, 1.82) is 0 Å². The third kappa shape index (κ3) is 6.29. The van der Waals surface area contributed by atoms with Gasteiger partial charge in [0.15, 0.2) is 0 Å². The lowest BCUT2D eigenvalue weighted by atomic mass is 10.1. The number of carbonyl (C=O) groups is 1. The zero-order valence-electron chi connectivity index (χ0n) is 19.7. The summed E-state index contributed by atoms with van der Waals surface area (Å²) in [5.41, 5.74) is 2.35. The van der Waals surface area contributed by atoms with Gasteiger partial charge in [-0.3, -0.25) is 9.10 Å². The van der Waals surface area contributed by atoms with Gasteiger partial charge >= 0.3 is 0 Å². The summed E-state index contributed by atoms with van der Waals surface area (Å²) in [4.78, 5) is 12.9. The molecule has 0 saturated heterocycles. The number of hydrogen-bond donors (Lipinski definition) is 1. The summed E-state index contributed by atoms with van der Waals surface area (Å²) in [5.74, 6) is 0.756. The van der Waals surface area contributed by atoms with E-state index in [4.69, 9.17) is 9.47 Å². The van der Waals surface area contributed by atoms with Crippen molar-refractivity contribution >= 4 is 21.6 Å². The number of nitrogens with one attached hydrogen (secondary N) is 1. The van der Waals surface area contributed by atoms with E-state index in [9.17, 15) is 13.2 Å². The Bertz CT molecular complexity index is 1210. The number of anilines is 1. The lowest BCUT2D eigenvalue weighted by Crippen LogP contribution is -2.41. The molecular weight excluding hydrogens is 452 g/mol. The highest BCUT2D eigenvalue weighted by molar-refractivity contribution is 7.92. The van der Waals surface area contributed by atoms with Crippen LogP contribution in [-0.4, -0.2) is 41.6 Å².